The molecule has 0 atom stereocenters. The van der Waals surface area contributed by atoms with E-state index in [1.54, 1.807) is 6.07 Å². The number of carbonyl (C=O) groups excluding carboxylic acids is 2. The SMILES string of the molecule is CCCCCCCCCCNC(=O)c1ccccc1COC(=O)NCCCN(C)C. The number of hydrogen-bond donors (Lipinski definition) is 2. The Bertz CT molecular complexity index is 605. The molecular weight excluding hydrogens is 378 g/mol. The van der Waals surface area contributed by atoms with Gasteiger partial charge in [0.2, 0.25) is 0 Å². The molecule has 0 saturated carbocycles. The van der Waals surface area contributed by atoms with Crippen LogP contribution in [0.3, 0.4) is 0 Å². The van der Waals surface area contributed by atoms with Gasteiger partial charge in [-0.2, -0.15) is 0 Å². The minimum absolute atomic E-state index is 0.0842. The Morgan fingerprint density at radius 3 is 2.20 bits per heavy atom. The molecule has 1 rings (SSSR count). The van der Waals surface area contributed by atoms with Crippen molar-refractivity contribution in [3.05, 3.63) is 35.4 Å². The van der Waals surface area contributed by atoms with Crippen molar-refractivity contribution in [2.24, 2.45) is 0 Å². The van der Waals surface area contributed by atoms with Crippen molar-refractivity contribution in [2.75, 3.05) is 33.7 Å². The summed E-state index contributed by atoms with van der Waals surface area (Å²) >= 11 is 0. The molecule has 0 heterocycles. The van der Waals surface area contributed by atoms with Crippen LogP contribution in [-0.2, 0) is 11.3 Å². The Hall–Kier alpha value is -2.08. The lowest BCUT2D eigenvalue weighted by molar-refractivity contribution is 0.0946. The zero-order chi connectivity index (χ0) is 22.0. The fraction of sp³-hybridized carbons (Fsp3) is 0.667. The highest BCUT2D eigenvalue weighted by molar-refractivity contribution is 5.95. The van der Waals surface area contributed by atoms with E-state index in [1.807, 2.05) is 32.3 Å². The molecule has 0 spiro atoms. The maximum atomic E-state index is 12.5. The smallest absolute Gasteiger partial charge is 0.407 e. The number of ether oxygens (including phenoxy) is 1. The van der Waals surface area contributed by atoms with Crippen molar-refractivity contribution >= 4 is 12.0 Å². The summed E-state index contributed by atoms with van der Waals surface area (Å²) < 4.78 is 5.28. The van der Waals surface area contributed by atoms with Crippen molar-refractivity contribution in [3.8, 4) is 0 Å². The van der Waals surface area contributed by atoms with Gasteiger partial charge in [0.25, 0.3) is 5.91 Å². The number of amides is 2. The van der Waals surface area contributed by atoms with Crippen molar-refractivity contribution in [3.63, 3.8) is 0 Å². The lowest BCUT2D eigenvalue weighted by atomic mass is 10.1. The molecule has 1 aromatic rings. The number of rotatable bonds is 16. The highest BCUT2D eigenvalue weighted by Gasteiger charge is 2.12. The Labute approximate surface area is 182 Å². The first-order valence-electron chi connectivity index (χ1n) is 11.5. The fourth-order valence-corrected chi connectivity index (χ4v) is 3.20. The predicted molar refractivity (Wildman–Crippen MR) is 123 cm³/mol. The molecule has 170 valence electrons. The molecule has 0 bridgehead atoms. The van der Waals surface area contributed by atoms with Gasteiger partial charge in [-0.3, -0.25) is 4.79 Å². The highest BCUT2D eigenvalue weighted by Crippen LogP contribution is 2.11. The second-order valence-electron chi connectivity index (χ2n) is 8.05. The van der Waals surface area contributed by atoms with Crippen LogP contribution in [0.15, 0.2) is 24.3 Å². The summed E-state index contributed by atoms with van der Waals surface area (Å²) in [5.74, 6) is -0.108. The second-order valence-corrected chi connectivity index (χ2v) is 8.05. The largest absolute Gasteiger partial charge is 0.445 e. The monoisotopic (exact) mass is 419 g/mol. The van der Waals surface area contributed by atoms with Crippen LogP contribution in [0, 0.1) is 0 Å². The van der Waals surface area contributed by atoms with Crippen LogP contribution in [0.4, 0.5) is 4.79 Å². The zero-order valence-electron chi connectivity index (χ0n) is 19.2. The molecule has 1 aromatic carbocycles. The van der Waals surface area contributed by atoms with E-state index in [2.05, 4.69) is 22.5 Å². The molecule has 2 N–H and O–H groups in total. The van der Waals surface area contributed by atoms with Gasteiger partial charge in [-0.25, -0.2) is 4.79 Å². The van der Waals surface area contributed by atoms with Crippen molar-refractivity contribution in [1.29, 1.82) is 0 Å². The van der Waals surface area contributed by atoms with Crippen molar-refractivity contribution in [1.82, 2.24) is 15.5 Å². The average molecular weight is 420 g/mol. The first kappa shape index (κ1) is 26.0. The third-order valence-corrected chi connectivity index (χ3v) is 4.99. The normalized spacial score (nSPS) is 10.8. The van der Waals surface area contributed by atoms with Crippen LogP contribution in [0.25, 0.3) is 0 Å². The highest BCUT2D eigenvalue weighted by atomic mass is 16.5. The third-order valence-electron chi connectivity index (χ3n) is 4.99. The molecule has 0 radical (unpaired) electrons. The van der Waals surface area contributed by atoms with Gasteiger partial charge in [-0.05, 0) is 39.5 Å². The van der Waals surface area contributed by atoms with Crippen molar-refractivity contribution in [2.45, 2.75) is 71.3 Å². The number of carbonyl (C=O) groups is 2. The molecule has 0 aromatic heterocycles. The first-order valence-corrected chi connectivity index (χ1v) is 11.5. The van der Waals surface area contributed by atoms with E-state index in [9.17, 15) is 9.59 Å². The van der Waals surface area contributed by atoms with E-state index in [-0.39, 0.29) is 12.5 Å². The average Bonchev–Trinajstić information content (AvgIpc) is 2.74. The van der Waals surface area contributed by atoms with Gasteiger partial charge in [0, 0.05) is 24.2 Å². The summed E-state index contributed by atoms with van der Waals surface area (Å²) in [7, 11) is 3.99. The van der Waals surface area contributed by atoms with Gasteiger partial charge < -0.3 is 20.3 Å². The molecule has 0 saturated heterocycles. The summed E-state index contributed by atoms with van der Waals surface area (Å²) in [5, 5.41) is 5.73. The molecule has 0 aliphatic heterocycles. The Morgan fingerprint density at radius 2 is 1.50 bits per heavy atom. The van der Waals surface area contributed by atoms with Crippen LogP contribution in [0.2, 0.25) is 0 Å². The molecular formula is C24H41N3O3. The number of alkyl carbamates (subject to hydrolysis) is 1. The van der Waals surface area contributed by atoms with Crippen LogP contribution in [0.1, 0.15) is 80.6 Å². The van der Waals surface area contributed by atoms with Gasteiger partial charge in [0.05, 0.1) is 0 Å². The summed E-state index contributed by atoms with van der Waals surface area (Å²) in [6, 6.07) is 7.28. The Morgan fingerprint density at radius 1 is 0.867 bits per heavy atom. The molecule has 6 heteroatoms. The molecule has 0 aliphatic carbocycles. The van der Waals surface area contributed by atoms with E-state index < -0.39 is 6.09 Å². The minimum Gasteiger partial charge on any atom is -0.445 e. The van der Waals surface area contributed by atoms with Crippen molar-refractivity contribution < 1.29 is 14.3 Å². The number of benzene rings is 1. The zero-order valence-corrected chi connectivity index (χ0v) is 19.2. The van der Waals surface area contributed by atoms with E-state index in [4.69, 9.17) is 4.74 Å². The molecule has 2 amide bonds. The third kappa shape index (κ3) is 12.5. The van der Waals surface area contributed by atoms with E-state index in [1.165, 1.54) is 38.5 Å². The standard InChI is InChI=1S/C24H41N3O3/c1-4-5-6-7-8-9-10-13-17-25-23(28)22-16-12-11-15-21(22)20-30-24(29)26-18-14-19-27(2)3/h11-12,15-16H,4-10,13-14,17-20H2,1-3H3,(H,25,28)(H,26,29). The molecule has 0 aliphatic rings. The van der Waals surface area contributed by atoms with Crippen LogP contribution in [0.5, 0.6) is 0 Å². The van der Waals surface area contributed by atoms with E-state index >= 15 is 0 Å². The quantitative estimate of drug-likeness (QED) is 0.380. The fourth-order valence-electron chi connectivity index (χ4n) is 3.20. The number of nitrogens with zero attached hydrogens (tertiary/aromatic N) is 1. The number of unbranched alkanes of at least 4 members (excludes halogenated alkanes) is 7. The Kier molecular flexibility index (Phi) is 14.4. The summed E-state index contributed by atoms with van der Waals surface area (Å²) in [5.41, 5.74) is 1.28. The molecule has 30 heavy (non-hydrogen) atoms. The molecule has 0 unspecified atom stereocenters. The topological polar surface area (TPSA) is 70.7 Å². The molecule has 6 nitrogen and oxygen atoms in total. The summed E-state index contributed by atoms with van der Waals surface area (Å²) in [6.07, 6.45) is 10.3. The summed E-state index contributed by atoms with van der Waals surface area (Å²) in [6.45, 7) is 4.46. The second kappa shape index (κ2) is 16.7. The van der Waals surface area contributed by atoms with E-state index in [0.717, 1.165) is 31.4 Å². The van der Waals surface area contributed by atoms with Gasteiger partial charge in [-0.1, -0.05) is 70.1 Å². The van der Waals surface area contributed by atoms with Gasteiger partial charge in [0.15, 0.2) is 0 Å². The minimum atomic E-state index is -0.456. The Balaban J connectivity index is 2.27. The lowest BCUT2D eigenvalue weighted by Gasteiger charge is -2.12. The van der Waals surface area contributed by atoms with E-state index in [0.29, 0.717) is 18.7 Å². The maximum absolute atomic E-state index is 12.5. The maximum Gasteiger partial charge on any atom is 0.407 e. The van der Waals surface area contributed by atoms with Gasteiger partial charge in [-0.15, -0.1) is 0 Å². The van der Waals surface area contributed by atoms with Gasteiger partial charge in [0.1, 0.15) is 6.61 Å². The lowest BCUT2D eigenvalue weighted by Crippen LogP contribution is -2.28. The predicted octanol–water partition coefficient (Wildman–Crippen LogP) is 4.74. The van der Waals surface area contributed by atoms with Crippen LogP contribution >= 0.6 is 0 Å². The summed E-state index contributed by atoms with van der Waals surface area (Å²) in [4.78, 5) is 26.4. The van der Waals surface area contributed by atoms with Crippen LogP contribution in [-0.4, -0.2) is 50.6 Å². The number of hydrogen-bond acceptors (Lipinski definition) is 4. The number of nitrogens with one attached hydrogen (secondary N) is 2. The molecule has 0 fully saturated rings. The van der Waals surface area contributed by atoms with Crippen LogP contribution < -0.4 is 10.6 Å². The first-order chi connectivity index (χ1) is 14.5. The van der Waals surface area contributed by atoms with Gasteiger partial charge >= 0.3 is 6.09 Å².